The first-order chi connectivity index (χ1) is 20.7. The first kappa shape index (κ1) is 30.5. The normalized spacial score (nSPS) is 18.9. The fraction of sp³-hybridized carbons (Fsp3) is 0.324. The molecule has 3 aromatic rings. The van der Waals surface area contributed by atoms with Crippen molar-refractivity contribution >= 4 is 40.7 Å². The maximum Gasteiger partial charge on any atom is 0.264 e. The van der Waals surface area contributed by atoms with Crippen LogP contribution < -0.4 is 9.80 Å². The Labute approximate surface area is 256 Å². The lowest BCUT2D eigenvalue weighted by atomic mass is 9.83. The predicted molar refractivity (Wildman–Crippen MR) is 166 cm³/mol. The Bertz CT molecular complexity index is 1530. The van der Waals surface area contributed by atoms with E-state index in [0.717, 1.165) is 23.2 Å². The molecule has 0 aromatic heterocycles. The highest BCUT2D eigenvalue weighted by molar-refractivity contribution is 6.31. The zero-order valence-corrected chi connectivity index (χ0v) is 24.9. The van der Waals surface area contributed by atoms with Gasteiger partial charge in [-0.3, -0.25) is 14.4 Å². The van der Waals surface area contributed by atoms with Gasteiger partial charge in [-0.1, -0.05) is 73.1 Å². The van der Waals surface area contributed by atoms with Crippen LogP contribution in [0.2, 0.25) is 5.02 Å². The molecular weight excluding hydrogens is 566 g/mol. The van der Waals surface area contributed by atoms with Crippen LogP contribution >= 0.6 is 11.6 Å². The monoisotopic (exact) mass is 601 g/mol. The molecule has 3 amide bonds. The van der Waals surface area contributed by atoms with Crippen molar-refractivity contribution < 1.29 is 24.6 Å². The van der Waals surface area contributed by atoms with Gasteiger partial charge >= 0.3 is 0 Å². The molecule has 2 aliphatic rings. The van der Waals surface area contributed by atoms with Gasteiger partial charge in [0.05, 0.1) is 18.8 Å². The molecule has 0 unspecified atom stereocenters. The minimum atomic E-state index is -1.89. The number of anilines is 2. The molecule has 43 heavy (non-hydrogen) atoms. The van der Waals surface area contributed by atoms with Gasteiger partial charge < -0.3 is 24.9 Å². The van der Waals surface area contributed by atoms with E-state index in [9.17, 15) is 24.6 Å². The minimum Gasteiger partial charge on any atom is -0.395 e. The van der Waals surface area contributed by atoms with Gasteiger partial charge in [-0.25, -0.2) is 0 Å². The number of halogens is 1. The Balaban J connectivity index is 1.34. The quantitative estimate of drug-likeness (QED) is 0.307. The Morgan fingerprint density at radius 1 is 1.07 bits per heavy atom. The summed E-state index contributed by atoms with van der Waals surface area (Å²) in [6, 6.07) is 22.1. The summed E-state index contributed by atoms with van der Waals surface area (Å²) < 4.78 is 0. The Morgan fingerprint density at radius 3 is 2.56 bits per heavy atom. The molecule has 0 bridgehead atoms. The molecule has 0 aliphatic carbocycles. The van der Waals surface area contributed by atoms with Crippen LogP contribution in [0, 0.1) is 5.92 Å². The smallest absolute Gasteiger partial charge is 0.264 e. The number of amides is 3. The number of carbonyl (C=O) groups is 3. The molecule has 1 fully saturated rings. The van der Waals surface area contributed by atoms with E-state index < -0.39 is 17.4 Å². The summed E-state index contributed by atoms with van der Waals surface area (Å²) in [5.74, 6) is -1.25. The highest BCUT2D eigenvalue weighted by atomic mass is 35.5. The molecule has 3 aromatic carbocycles. The number of aliphatic hydroxyl groups is 2. The van der Waals surface area contributed by atoms with Crippen molar-refractivity contribution in [1.29, 1.82) is 0 Å². The molecule has 2 atom stereocenters. The van der Waals surface area contributed by atoms with Crippen molar-refractivity contribution in [1.82, 2.24) is 4.90 Å². The van der Waals surface area contributed by atoms with Crippen LogP contribution in [0.3, 0.4) is 0 Å². The maximum absolute atomic E-state index is 14.0. The van der Waals surface area contributed by atoms with E-state index in [0.29, 0.717) is 35.8 Å². The molecule has 1 saturated heterocycles. The molecule has 2 aliphatic heterocycles. The summed E-state index contributed by atoms with van der Waals surface area (Å²) in [6.45, 7) is 3.03. The van der Waals surface area contributed by atoms with Gasteiger partial charge in [0, 0.05) is 54.7 Å². The van der Waals surface area contributed by atoms with E-state index in [1.807, 2.05) is 54.6 Å². The molecular formula is C34H36ClN3O5. The third-order valence-corrected chi connectivity index (χ3v) is 8.42. The zero-order valence-electron chi connectivity index (χ0n) is 24.2. The van der Waals surface area contributed by atoms with Gasteiger partial charge in [0.1, 0.15) is 0 Å². The van der Waals surface area contributed by atoms with Crippen LogP contribution in [0.25, 0.3) is 0 Å². The predicted octanol–water partition coefficient (Wildman–Crippen LogP) is 4.80. The summed E-state index contributed by atoms with van der Waals surface area (Å²) in [5, 5.41) is 21.9. The zero-order chi connectivity index (χ0) is 30.6. The van der Waals surface area contributed by atoms with E-state index >= 15 is 0 Å². The number of benzene rings is 3. The fourth-order valence-corrected chi connectivity index (χ4v) is 6.03. The summed E-state index contributed by atoms with van der Waals surface area (Å²) in [4.78, 5) is 44.2. The van der Waals surface area contributed by atoms with Crippen molar-refractivity contribution in [3.8, 4) is 0 Å². The molecule has 0 saturated carbocycles. The number of aliphatic hydroxyl groups excluding tert-OH is 1. The van der Waals surface area contributed by atoms with Crippen LogP contribution in [0.4, 0.5) is 11.4 Å². The lowest BCUT2D eigenvalue weighted by Crippen LogP contribution is -2.44. The first-order valence-electron chi connectivity index (χ1n) is 14.5. The first-order valence-corrected chi connectivity index (χ1v) is 14.9. The third-order valence-electron chi connectivity index (χ3n) is 8.18. The van der Waals surface area contributed by atoms with Crippen molar-refractivity contribution in [3.05, 3.63) is 107 Å². The van der Waals surface area contributed by atoms with Crippen LogP contribution in [-0.2, 0) is 33.1 Å². The molecule has 5 rings (SSSR count). The van der Waals surface area contributed by atoms with Crippen molar-refractivity contribution in [3.63, 3.8) is 0 Å². The Morgan fingerprint density at radius 2 is 1.84 bits per heavy atom. The SMILES string of the molecule is C[C@H](/C=C/CC(=O)N(CCO)Cc1ccccc1)[C@@]1(O)C(=O)N(Cc2cccc(N3CCCC3=O)c2)c2ccc(Cl)cc21. The van der Waals surface area contributed by atoms with Gasteiger partial charge in [-0.05, 0) is 47.9 Å². The summed E-state index contributed by atoms with van der Waals surface area (Å²) in [5.41, 5.74) is 1.65. The van der Waals surface area contributed by atoms with E-state index in [4.69, 9.17) is 11.6 Å². The molecule has 8 nitrogen and oxygen atoms in total. The third kappa shape index (κ3) is 6.37. The standard InChI is InChI=1S/C34H36ClN3O5/c1-24(8-5-13-31(40)36(18-19-39)22-25-9-3-2-4-10-25)34(43)29-21-27(35)15-16-30(29)38(33(34)42)23-26-11-6-12-28(20-26)37-17-7-14-32(37)41/h2-6,8-12,15-16,20-21,24,39,43H,7,13-14,17-19,22-23H2,1H3/b8-5+/t24-,34+/m1/s1. The van der Waals surface area contributed by atoms with Gasteiger partial charge in [0.25, 0.3) is 5.91 Å². The minimum absolute atomic E-state index is 0.0512. The van der Waals surface area contributed by atoms with E-state index in [2.05, 4.69) is 0 Å². The lowest BCUT2D eigenvalue weighted by molar-refractivity contribution is -0.139. The van der Waals surface area contributed by atoms with Crippen LogP contribution in [-0.4, -0.2) is 52.5 Å². The second kappa shape index (κ2) is 13.1. The lowest BCUT2D eigenvalue weighted by Gasteiger charge is -2.28. The highest BCUT2D eigenvalue weighted by Gasteiger charge is 2.52. The average molecular weight is 602 g/mol. The molecule has 0 spiro atoms. The summed E-state index contributed by atoms with van der Waals surface area (Å²) in [6.07, 6.45) is 4.74. The van der Waals surface area contributed by atoms with Crippen molar-refractivity contribution in [2.24, 2.45) is 5.92 Å². The highest BCUT2D eigenvalue weighted by Crippen LogP contribution is 2.46. The number of fused-ring (bicyclic) bond motifs is 1. The number of carbonyl (C=O) groups excluding carboxylic acids is 3. The molecule has 224 valence electrons. The number of rotatable bonds is 11. The molecule has 0 radical (unpaired) electrons. The van der Waals surface area contributed by atoms with Gasteiger partial charge in [0.15, 0.2) is 5.60 Å². The molecule has 2 N–H and O–H groups in total. The number of hydrogen-bond acceptors (Lipinski definition) is 5. The maximum atomic E-state index is 14.0. The van der Waals surface area contributed by atoms with E-state index in [1.165, 1.54) is 0 Å². The summed E-state index contributed by atoms with van der Waals surface area (Å²) >= 11 is 6.33. The van der Waals surface area contributed by atoms with E-state index in [-0.39, 0.29) is 37.9 Å². The number of nitrogens with zero attached hydrogens (tertiary/aromatic N) is 3. The Hall–Kier alpha value is -3.98. The average Bonchev–Trinajstić information content (AvgIpc) is 3.53. The summed E-state index contributed by atoms with van der Waals surface area (Å²) in [7, 11) is 0. The second-order valence-corrected chi connectivity index (χ2v) is 11.5. The largest absolute Gasteiger partial charge is 0.395 e. The fourth-order valence-electron chi connectivity index (χ4n) is 5.86. The van der Waals surface area contributed by atoms with Gasteiger partial charge in [0.2, 0.25) is 11.8 Å². The van der Waals surface area contributed by atoms with Crippen LogP contribution in [0.1, 0.15) is 42.9 Å². The molecule has 2 heterocycles. The Kier molecular flexibility index (Phi) is 9.30. The van der Waals surface area contributed by atoms with Crippen LogP contribution in [0.5, 0.6) is 0 Å². The van der Waals surface area contributed by atoms with Crippen molar-refractivity contribution in [2.75, 3.05) is 29.5 Å². The van der Waals surface area contributed by atoms with Crippen molar-refractivity contribution in [2.45, 2.75) is 44.9 Å². The topological polar surface area (TPSA) is 101 Å². The van der Waals surface area contributed by atoms with Gasteiger partial charge in [-0.2, -0.15) is 0 Å². The molecule has 9 heteroatoms. The van der Waals surface area contributed by atoms with Crippen LogP contribution in [0.15, 0.2) is 84.9 Å². The van der Waals surface area contributed by atoms with E-state index in [1.54, 1.807) is 52.0 Å². The second-order valence-electron chi connectivity index (χ2n) is 11.1. The van der Waals surface area contributed by atoms with Gasteiger partial charge in [-0.15, -0.1) is 0 Å². The number of hydrogen-bond donors (Lipinski definition) is 2.